The maximum absolute atomic E-state index is 11.3. The molecule has 1 unspecified atom stereocenters. The van der Waals surface area contributed by atoms with Gasteiger partial charge in [-0.1, -0.05) is 11.1 Å². The normalized spacial score (nSPS) is 12.3. The van der Waals surface area contributed by atoms with E-state index in [0.29, 0.717) is 0 Å². The molecule has 1 atom stereocenters. The summed E-state index contributed by atoms with van der Waals surface area (Å²) in [4.78, 5) is 11.0. The average molecular weight is 235 g/mol. The summed E-state index contributed by atoms with van der Waals surface area (Å²) in [6.07, 6.45) is 1.40. The van der Waals surface area contributed by atoms with E-state index in [2.05, 4.69) is 6.58 Å². The van der Waals surface area contributed by atoms with E-state index in [4.69, 9.17) is 14.2 Å². The number of carbonyl (C=O) groups excluding carboxylic acids is 1. The van der Waals surface area contributed by atoms with Crippen molar-refractivity contribution in [1.82, 2.24) is 0 Å². The second-order valence-corrected chi connectivity index (χ2v) is 4.33. The monoisotopic (exact) mass is 235 g/mol. The van der Waals surface area contributed by atoms with Crippen molar-refractivity contribution in [1.29, 1.82) is 0 Å². The van der Waals surface area contributed by atoms with Gasteiger partial charge in [0.1, 0.15) is 0 Å². The molecule has 0 aliphatic rings. The van der Waals surface area contributed by atoms with Crippen LogP contribution in [0.3, 0.4) is 0 Å². The molecule has 0 spiro atoms. The van der Waals surface area contributed by atoms with E-state index in [1.54, 1.807) is 0 Å². The van der Waals surface area contributed by atoms with Crippen molar-refractivity contribution in [2.75, 3.05) is 27.5 Å². The summed E-state index contributed by atoms with van der Waals surface area (Å²) in [5.74, 6) is -1.23. The highest BCUT2D eigenvalue weighted by Crippen LogP contribution is 2.28. The standard InChI is InChI=1S/C9H16O5P/c1-5-8(10)15(11)7-6-9(12-2,13-3)14-4/h5H,1,6-7H2,2-4H3/q+1. The van der Waals surface area contributed by atoms with Crippen molar-refractivity contribution in [3.05, 3.63) is 12.7 Å². The fraction of sp³-hybridized carbons (Fsp3) is 0.667. The zero-order valence-corrected chi connectivity index (χ0v) is 10.1. The van der Waals surface area contributed by atoms with Crippen LogP contribution in [0.4, 0.5) is 0 Å². The molecule has 0 aromatic rings. The molecule has 0 saturated carbocycles. The second-order valence-electron chi connectivity index (χ2n) is 2.69. The third-order valence-corrected chi connectivity index (χ3v) is 3.28. The summed E-state index contributed by atoms with van der Waals surface area (Å²) in [6, 6.07) is 0. The molecule has 0 radical (unpaired) electrons. The van der Waals surface area contributed by atoms with Gasteiger partial charge in [0.2, 0.25) is 0 Å². The Morgan fingerprint density at radius 2 is 1.80 bits per heavy atom. The van der Waals surface area contributed by atoms with E-state index in [0.717, 1.165) is 6.08 Å². The van der Waals surface area contributed by atoms with Crippen LogP contribution in [0, 0.1) is 0 Å². The van der Waals surface area contributed by atoms with Crippen LogP contribution in [0.5, 0.6) is 0 Å². The Morgan fingerprint density at radius 1 is 1.33 bits per heavy atom. The molecule has 0 fully saturated rings. The molecule has 0 rings (SSSR count). The third-order valence-electron chi connectivity index (χ3n) is 1.97. The zero-order valence-electron chi connectivity index (χ0n) is 9.19. The van der Waals surface area contributed by atoms with Gasteiger partial charge in [-0.3, -0.25) is 0 Å². The number of ether oxygens (including phenoxy) is 3. The van der Waals surface area contributed by atoms with E-state index in [1.807, 2.05) is 0 Å². The molecule has 0 amide bonds. The highest BCUT2D eigenvalue weighted by Gasteiger charge is 2.35. The van der Waals surface area contributed by atoms with Gasteiger partial charge in [-0.05, 0) is 0 Å². The van der Waals surface area contributed by atoms with Crippen LogP contribution in [0.1, 0.15) is 6.42 Å². The van der Waals surface area contributed by atoms with Crippen LogP contribution in [-0.4, -0.2) is 39.0 Å². The van der Waals surface area contributed by atoms with Gasteiger partial charge in [0, 0.05) is 27.4 Å². The number of rotatable bonds is 8. The number of methoxy groups -OCH3 is 3. The molecule has 15 heavy (non-hydrogen) atoms. The van der Waals surface area contributed by atoms with E-state index in [-0.39, 0.29) is 12.6 Å². The van der Waals surface area contributed by atoms with Crippen molar-refractivity contribution in [3.8, 4) is 0 Å². The lowest BCUT2D eigenvalue weighted by Crippen LogP contribution is -2.36. The van der Waals surface area contributed by atoms with E-state index in [1.165, 1.54) is 21.3 Å². The Hall–Kier alpha value is -0.610. The predicted octanol–water partition coefficient (Wildman–Crippen LogP) is 1.51. The van der Waals surface area contributed by atoms with Crippen LogP contribution in [0.2, 0.25) is 0 Å². The molecule has 0 aromatic heterocycles. The van der Waals surface area contributed by atoms with Gasteiger partial charge in [0.25, 0.3) is 5.97 Å². The summed E-state index contributed by atoms with van der Waals surface area (Å²) in [7, 11) is 2.27. The van der Waals surface area contributed by atoms with Gasteiger partial charge in [-0.25, -0.2) is 4.79 Å². The number of hydrogen-bond donors (Lipinski definition) is 0. The minimum Gasteiger partial charge on any atom is -0.331 e. The molecule has 0 aromatic carbocycles. The molecule has 0 saturated heterocycles. The number of hydrogen-bond acceptors (Lipinski definition) is 5. The molecular weight excluding hydrogens is 219 g/mol. The summed E-state index contributed by atoms with van der Waals surface area (Å²) in [5.41, 5.74) is -0.470. The first-order valence-corrected chi connectivity index (χ1v) is 5.76. The van der Waals surface area contributed by atoms with Crippen LogP contribution >= 0.6 is 7.80 Å². The van der Waals surface area contributed by atoms with Gasteiger partial charge in [-0.15, -0.1) is 0 Å². The molecule has 0 N–H and O–H groups in total. The van der Waals surface area contributed by atoms with Crippen LogP contribution in [-0.2, 0) is 23.6 Å². The van der Waals surface area contributed by atoms with Crippen LogP contribution < -0.4 is 0 Å². The summed E-state index contributed by atoms with van der Waals surface area (Å²) in [5, 5.41) is 0. The fourth-order valence-electron chi connectivity index (χ4n) is 1.01. The van der Waals surface area contributed by atoms with Crippen molar-refractivity contribution < 1.29 is 23.6 Å². The van der Waals surface area contributed by atoms with Gasteiger partial charge in [-0.2, -0.15) is 0 Å². The summed E-state index contributed by atoms with van der Waals surface area (Å²) >= 11 is 0. The van der Waals surface area contributed by atoms with Gasteiger partial charge >= 0.3 is 13.3 Å². The lowest BCUT2D eigenvalue weighted by molar-refractivity contribution is -0.352. The Morgan fingerprint density at radius 3 is 2.13 bits per heavy atom. The van der Waals surface area contributed by atoms with Crippen LogP contribution in [0.25, 0.3) is 0 Å². The van der Waals surface area contributed by atoms with Crippen LogP contribution in [0.15, 0.2) is 12.7 Å². The second kappa shape index (κ2) is 6.80. The lowest BCUT2D eigenvalue weighted by Gasteiger charge is -2.26. The Kier molecular flexibility index (Phi) is 6.52. The van der Waals surface area contributed by atoms with Crippen molar-refractivity contribution in [2.24, 2.45) is 0 Å². The van der Waals surface area contributed by atoms with Gasteiger partial charge < -0.3 is 14.2 Å². The first kappa shape index (κ1) is 14.4. The molecule has 0 bridgehead atoms. The highest BCUT2D eigenvalue weighted by molar-refractivity contribution is 7.64. The molecule has 6 heteroatoms. The minimum atomic E-state index is -1.97. The Balaban J connectivity index is 4.28. The molecule has 0 aliphatic heterocycles. The first-order chi connectivity index (χ1) is 7.05. The highest BCUT2D eigenvalue weighted by atomic mass is 31.1. The van der Waals surface area contributed by atoms with Crippen molar-refractivity contribution in [3.63, 3.8) is 0 Å². The van der Waals surface area contributed by atoms with E-state index < -0.39 is 19.3 Å². The minimum absolute atomic E-state index is 0.135. The van der Waals surface area contributed by atoms with Crippen molar-refractivity contribution in [2.45, 2.75) is 12.4 Å². The molecule has 5 nitrogen and oxygen atoms in total. The smallest absolute Gasteiger partial charge is 0.331 e. The van der Waals surface area contributed by atoms with E-state index >= 15 is 0 Å². The maximum Gasteiger partial charge on any atom is 0.419 e. The lowest BCUT2D eigenvalue weighted by atomic mass is 10.4. The Labute approximate surface area is 90.2 Å². The molecule has 0 aliphatic carbocycles. The largest absolute Gasteiger partial charge is 0.419 e. The first-order valence-electron chi connectivity index (χ1n) is 4.31. The fourth-order valence-corrected chi connectivity index (χ4v) is 1.91. The quantitative estimate of drug-likeness (QED) is 0.362. The Bertz CT molecular complexity index is 239. The van der Waals surface area contributed by atoms with Gasteiger partial charge in [0.15, 0.2) is 6.16 Å². The number of carbonyl (C=O) groups is 1. The number of allylic oxidation sites excluding steroid dienone is 1. The SMILES string of the molecule is C=CC(=O)[P+](=O)CCC(OC)(OC)OC. The van der Waals surface area contributed by atoms with Gasteiger partial charge in [0.05, 0.1) is 6.42 Å². The zero-order chi connectivity index (χ0) is 11.9. The summed E-state index contributed by atoms with van der Waals surface area (Å²) < 4.78 is 26.3. The maximum atomic E-state index is 11.3. The molecule has 0 heterocycles. The average Bonchev–Trinajstić information content (AvgIpc) is 2.30. The topological polar surface area (TPSA) is 61.8 Å². The molecule has 86 valence electrons. The predicted molar refractivity (Wildman–Crippen MR) is 56.1 cm³/mol. The summed E-state index contributed by atoms with van der Waals surface area (Å²) in [6.45, 7) is 3.26. The van der Waals surface area contributed by atoms with E-state index in [9.17, 15) is 9.36 Å². The van der Waals surface area contributed by atoms with Crippen molar-refractivity contribution >= 4 is 13.3 Å². The third kappa shape index (κ3) is 4.18. The molecular formula is C9H16O5P+.